The minimum Gasteiger partial charge on any atom is -0.371 e. The molecule has 6 nitrogen and oxygen atoms in total. The van der Waals surface area contributed by atoms with Crippen LogP contribution in [-0.4, -0.2) is 33.8 Å². The number of hydrogen-bond acceptors (Lipinski definition) is 4. The summed E-state index contributed by atoms with van der Waals surface area (Å²) >= 11 is 5.90. The van der Waals surface area contributed by atoms with Crippen LogP contribution >= 0.6 is 11.6 Å². The minimum atomic E-state index is -4.58. The van der Waals surface area contributed by atoms with Crippen molar-refractivity contribution >= 4 is 28.9 Å². The van der Waals surface area contributed by atoms with E-state index < -0.39 is 17.6 Å². The Kier molecular flexibility index (Phi) is 5.98. The van der Waals surface area contributed by atoms with Gasteiger partial charge in [0.15, 0.2) is 0 Å². The number of benzene rings is 2. The molecular weight excluding hydrogens is 515 g/mol. The van der Waals surface area contributed by atoms with E-state index in [9.17, 15) is 18.0 Å². The summed E-state index contributed by atoms with van der Waals surface area (Å²) in [5.74, 6) is 0.821. The Labute approximate surface area is 224 Å². The van der Waals surface area contributed by atoms with Gasteiger partial charge in [-0.3, -0.25) is 4.79 Å². The van der Waals surface area contributed by atoms with Crippen molar-refractivity contribution in [1.82, 2.24) is 14.8 Å². The summed E-state index contributed by atoms with van der Waals surface area (Å²) < 4.78 is 43.9. The number of amides is 1. The van der Waals surface area contributed by atoms with Crippen molar-refractivity contribution in [3.63, 3.8) is 0 Å². The molecule has 1 saturated carbocycles. The minimum absolute atomic E-state index is 0.00442. The third-order valence-electron chi connectivity index (χ3n) is 8.33. The van der Waals surface area contributed by atoms with Gasteiger partial charge in [0, 0.05) is 43.0 Å². The van der Waals surface area contributed by atoms with Crippen molar-refractivity contribution in [3.8, 4) is 0 Å². The van der Waals surface area contributed by atoms with E-state index in [4.69, 9.17) is 11.6 Å². The van der Waals surface area contributed by atoms with Crippen molar-refractivity contribution in [2.45, 2.75) is 56.6 Å². The number of fused-ring (bicyclic) bond motifs is 1. The zero-order valence-corrected chi connectivity index (χ0v) is 22.1. The van der Waals surface area contributed by atoms with Crippen molar-refractivity contribution in [3.05, 3.63) is 70.3 Å². The molecule has 3 aromatic rings. The van der Waals surface area contributed by atoms with E-state index in [1.54, 1.807) is 6.33 Å². The normalized spacial score (nSPS) is 23.2. The topological polar surface area (TPSA) is 54.3 Å². The second kappa shape index (κ2) is 9.00. The highest BCUT2D eigenvalue weighted by atomic mass is 35.5. The van der Waals surface area contributed by atoms with Gasteiger partial charge in [-0.2, -0.15) is 13.2 Å². The van der Waals surface area contributed by atoms with Crippen LogP contribution in [0.15, 0.2) is 36.7 Å². The van der Waals surface area contributed by atoms with Gasteiger partial charge in [-0.15, -0.1) is 21.8 Å². The lowest BCUT2D eigenvalue weighted by Gasteiger charge is -2.46. The Bertz CT molecular complexity index is 1410. The van der Waals surface area contributed by atoms with Gasteiger partial charge in [-0.05, 0) is 78.6 Å². The number of aromatic nitrogens is 3. The quantitative estimate of drug-likeness (QED) is 0.368. The summed E-state index contributed by atoms with van der Waals surface area (Å²) in [5, 5.41) is 8.59. The van der Waals surface area contributed by atoms with Gasteiger partial charge >= 0.3 is 6.18 Å². The Morgan fingerprint density at radius 2 is 1.79 bits per heavy atom. The van der Waals surface area contributed by atoms with Crippen LogP contribution in [-0.2, 0) is 31.1 Å². The summed E-state index contributed by atoms with van der Waals surface area (Å²) in [5.41, 5.74) is 1.81. The molecule has 3 heterocycles. The summed E-state index contributed by atoms with van der Waals surface area (Å²) in [6, 6.07) is 8.66. The van der Waals surface area contributed by atoms with E-state index in [1.165, 1.54) is 11.0 Å². The molecule has 1 aliphatic carbocycles. The Morgan fingerprint density at radius 1 is 1.08 bits per heavy atom. The lowest BCUT2D eigenvalue weighted by atomic mass is 9.58. The van der Waals surface area contributed by atoms with Crippen molar-refractivity contribution in [2.75, 3.05) is 22.9 Å². The second-order valence-electron chi connectivity index (χ2n) is 11.0. The van der Waals surface area contributed by atoms with E-state index in [-0.39, 0.29) is 34.5 Å². The van der Waals surface area contributed by atoms with E-state index in [0.29, 0.717) is 11.6 Å². The highest BCUT2D eigenvalue weighted by Crippen LogP contribution is 2.53. The molecule has 0 N–H and O–H groups in total. The van der Waals surface area contributed by atoms with Crippen molar-refractivity contribution in [2.24, 2.45) is 13.0 Å². The number of alkyl halides is 4. The Hall–Kier alpha value is -3.07. The number of carbonyl (C=O) groups is 1. The van der Waals surface area contributed by atoms with Gasteiger partial charge in [0.1, 0.15) is 12.2 Å². The fourth-order valence-electron chi connectivity index (χ4n) is 6.59. The molecule has 1 aromatic heterocycles. The number of halogens is 4. The van der Waals surface area contributed by atoms with Crippen LogP contribution in [0.2, 0.25) is 0 Å². The predicted molar refractivity (Wildman–Crippen MR) is 140 cm³/mol. The largest absolute Gasteiger partial charge is 0.416 e. The monoisotopic (exact) mass is 543 g/mol. The maximum Gasteiger partial charge on any atom is 0.416 e. The van der Waals surface area contributed by atoms with E-state index in [1.807, 2.05) is 23.7 Å². The zero-order chi connectivity index (χ0) is 26.8. The van der Waals surface area contributed by atoms with Crippen LogP contribution in [0, 0.1) is 5.92 Å². The molecule has 38 heavy (non-hydrogen) atoms. The fourth-order valence-corrected chi connectivity index (χ4v) is 6.74. The highest BCUT2D eigenvalue weighted by Gasteiger charge is 2.49. The van der Waals surface area contributed by atoms with Gasteiger partial charge in [0.05, 0.1) is 17.5 Å². The van der Waals surface area contributed by atoms with Gasteiger partial charge in [-0.1, -0.05) is 6.92 Å². The lowest BCUT2D eigenvalue weighted by molar-refractivity contribution is -0.138. The van der Waals surface area contributed by atoms with E-state index in [2.05, 4.69) is 28.1 Å². The molecule has 2 fully saturated rings. The number of hydrogen-bond donors (Lipinski definition) is 0. The molecule has 0 radical (unpaired) electrons. The molecule has 0 bridgehead atoms. The molecule has 6 rings (SSSR count). The molecule has 200 valence electrons. The van der Waals surface area contributed by atoms with Crippen LogP contribution < -0.4 is 9.80 Å². The number of rotatable bonds is 5. The van der Waals surface area contributed by atoms with Crippen LogP contribution in [0.5, 0.6) is 0 Å². The summed E-state index contributed by atoms with van der Waals surface area (Å²) in [7, 11) is 1.93. The maximum atomic E-state index is 14.0. The molecule has 3 aliphatic rings. The predicted octanol–water partition coefficient (Wildman–Crippen LogP) is 6.05. The van der Waals surface area contributed by atoms with Gasteiger partial charge in [-0.25, -0.2) is 0 Å². The fraction of sp³-hybridized carbons (Fsp3) is 0.464. The first-order valence-corrected chi connectivity index (χ1v) is 13.5. The summed E-state index contributed by atoms with van der Waals surface area (Å²) in [6.45, 7) is 3.87. The zero-order valence-electron chi connectivity index (χ0n) is 21.4. The van der Waals surface area contributed by atoms with Gasteiger partial charge in [0.25, 0.3) is 5.91 Å². The SMILES string of the molecule is CC1CC(c2cc(N3CCCC3)cc(N3Cc4c(cc(CCl)cc4C(F)(F)F)C3=O)c2)(c2nncn2C)C1. The lowest BCUT2D eigenvalue weighted by Crippen LogP contribution is -2.43. The first-order valence-electron chi connectivity index (χ1n) is 13.0. The van der Waals surface area contributed by atoms with Crippen LogP contribution in [0.4, 0.5) is 24.5 Å². The molecular formula is C28H29ClF3N5O. The van der Waals surface area contributed by atoms with Crippen LogP contribution in [0.25, 0.3) is 0 Å². The molecule has 0 spiro atoms. The molecule has 1 saturated heterocycles. The Balaban J connectivity index is 1.48. The molecule has 1 amide bonds. The maximum absolute atomic E-state index is 14.0. The molecule has 0 unspecified atom stereocenters. The molecule has 10 heteroatoms. The number of nitrogens with zero attached hydrogens (tertiary/aromatic N) is 5. The third-order valence-corrected chi connectivity index (χ3v) is 8.64. The average Bonchev–Trinajstić information content (AvgIpc) is 3.62. The van der Waals surface area contributed by atoms with Crippen LogP contribution in [0.3, 0.4) is 0 Å². The molecule has 0 atom stereocenters. The van der Waals surface area contributed by atoms with E-state index >= 15 is 0 Å². The summed E-state index contributed by atoms with van der Waals surface area (Å²) in [6.07, 6.45) is 1.04. The number of aryl methyl sites for hydroxylation is 1. The van der Waals surface area contributed by atoms with Gasteiger partial charge < -0.3 is 14.4 Å². The molecule has 2 aromatic carbocycles. The third kappa shape index (κ3) is 3.97. The second-order valence-corrected chi connectivity index (χ2v) is 11.3. The van der Waals surface area contributed by atoms with Crippen molar-refractivity contribution < 1.29 is 18.0 Å². The smallest absolute Gasteiger partial charge is 0.371 e. The first kappa shape index (κ1) is 25.2. The standard InChI is InChI=1S/C28H29ClF3N5O/c1-17-12-27(13-17,26-34-33-16-35(26)2)19-9-20(36-5-3-4-6-36)11-21(10-19)37-15-23-22(25(37)38)7-18(14-29)8-24(23)28(30,31)32/h7-11,16-17H,3-6,12-15H2,1-2H3. The molecule has 2 aliphatic heterocycles. The first-order chi connectivity index (χ1) is 18.1. The average molecular weight is 544 g/mol. The van der Waals surface area contributed by atoms with E-state index in [0.717, 1.165) is 61.9 Å². The Morgan fingerprint density at radius 3 is 2.39 bits per heavy atom. The van der Waals surface area contributed by atoms with Gasteiger partial charge in [0.2, 0.25) is 0 Å². The highest BCUT2D eigenvalue weighted by molar-refractivity contribution is 6.17. The van der Waals surface area contributed by atoms with Crippen molar-refractivity contribution in [1.29, 1.82) is 0 Å². The number of carbonyl (C=O) groups excluding carboxylic acids is 1. The van der Waals surface area contributed by atoms with Crippen LogP contribution in [0.1, 0.15) is 71.0 Å². The summed E-state index contributed by atoms with van der Waals surface area (Å²) in [4.78, 5) is 17.4. The number of anilines is 2.